The van der Waals surface area contributed by atoms with Crippen LogP contribution in [0.2, 0.25) is 0 Å². The second-order valence-electron chi connectivity index (χ2n) is 5.02. The Balaban J connectivity index is 1.92. The van der Waals surface area contributed by atoms with Crippen LogP contribution in [0.5, 0.6) is 5.75 Å². The molecule has 116 valence electrons. The second kappa shape index (κ2) is 8.52. The number of para-hydroxylation sites is 1. The SMILES string of the molecule is CCNC(=NCc1ccccc1OC)NCC1CCCO1. The minimum absolute atomic E-state index is 0.306. The van der Waals surface area contributed by atoms with Gasteiger partial charge in [-0.2, -0.15) is 0 Å². The van der Waals surface area contributed by atoms with E-state index in [1.165, 1.54) is 0 Å². The second-order valence-corrected chi connectivity index (χ2v) is 5.02. The highest BCUT2D eigenvalue weighted by Gasteiger charge is 2.15. The number of methoxy groups -OCH3 is 1. The highest BCUT2D eigenvalue weighted by atomic mass is 16.5. The molecular formula is C16H25N3O2. The summed E-state index contributed by atoms with van der Waals surface area (Å²) in [6.45, 7) is 5.17. The smallest absolute Gasteiger partial charge is 0.191 e. The van der Waals surface area contributed by atoms with Gasteiger partial charge in [0.15, 0.2) is 5.96 Å². The normalized spacial score (nSPS) is 18.6. The summed E-state index contributed by atoms with van der Waals surface area (Å²) in [6, 6.07) is 7.95. The van der Waals surface area contributed by atoms with Crippen LogP contribution in [-0.2, 0) is 11.3 Å². The first-order chi connectivity index (χ1) is 10.3. The van der Waals surface area contributed by atoms with Crippen molar-refractivity contribution in [3.05, 3.63) is 29.8 Å². The van der Waals surface area contributed by atoms with Gasteiger partial charge in [0.25, 0.3) is 0 Å². The van der Waals surface area contributed by atoms with E-state index in [0.29, 0.717) is 12.6 Å². The number of guanidine groups is 1. The average molecular weight is 291 g/mol. The number of aliphatic imine (C=N–C) groups is 1. The van der Waals surface area contributed by atoms with Gasteiger partial charge in [0.05, 0.1) is 19.8 Å². The van der Waals surface area contributed by atoms with Crippen molar-refractivity contribution >= 4 is 5.96 Å². The quantitative estimate of drug-likeness (QED) is 0.621. The molecule has 5 nitrogen and oxygen atoms in total. The van der Waals surface area contributed by atoms with E-state index in [0.717, 1.165) is 49.8 Å². The van der Waals surface area contributed by atoms with Crippen LogP contribution in [0.25, 0.3) is 0 Å². The summed E-state index contributed by atoms with van der Waals surface area (Å²) in [6.07, 6.45) is 2.58. The van der Waals surface area contributed by atoms with E-state index in [-0.39, 0.29) is 0 Å². The van der Waals surface area contributed by atoms with Gasteiger partial charge in [-0.25, -0.2) is 4.99 Å². The Bertz CT molecular complexity index is 457. The number of hydrogen-bond donors (Lipinski definition) is 2. The Hall–Kier alpha value is -1.75. The fourth-order valence-electron chi connectivity index (χ4n) is 2.36. The lowest BCUT2D eigenvalue weighted by Gasteiger charge is -2.15. The van der Waals surface area contributed by atoms with Crippen LogP contribution in [0.4, 0.5) is 0 Å². The molecule has 1 aliphatic rings. The first-order valence-electron chi connectivity index (χ1n) is 7.59. The van der Waals surface area contributed by atoms with Gasteiger partial charge in [-0.15, -0.1) is 0 Å². The zero-order valence-corrected chi connectivity index (χ0v) is 12.9. The number of benzene rings is 1. The molecule has 0 radical (unpaired) electrons. The molecule has 0 aliphatic carbocycles. The maximum absolute atomic E-state index is 5.62. The Morgan fingerprint density at radius 1 is 1.38 bits per heavy atom. The molecule has 0 aromatic heterocycles. The largest absolute Gasteiger partial charge is 0.496 e. The first-order valence-corrected chi connectivity index (χ1v) is 7.59. The maximum Gasteiger partial charge on any atom is 0.191 e. The fraction of sp³-hybridized carbons (Fsp3) is 0.562. The first kappa shape index (κ1) is 15.6. The van der Waals surface area contributed by atoms with E-state index in [1.807, 2.05) is 24.3 Å². The predicted octanol–water partition coefficient (Wildman–Crippen LogP) is 1.93. The maximum atomic E-state index is 5.62. The summed E-state index contributed by atoms with van der Waals surface area (Å²) in [5.41, 5.74) is 1.08. The highest BCUT2D eigenvalue weighted by Crippen LogP contribution is 2.17. The van der Waals surface area contributed by atoms with Crippen molar-refractivity contribution in [2.24, 2.45) is 4.99 Å². The fourth-order valence-corrected chi connectivity index (χ4v) is 2.36. The van der Waals surface area contributed by atoms with Crippen LogP contribution in [0.1, 0.15) is 25.3 Å². The van der Waals surface area contributed by atoms with Gasteiger partial charge in [-0.1, -0.05) is 18.2 Å². The standard InChI is InChI=1S/C16H25N3O2/c1-3-17-16(19-12-14-8-6-10-21-14)18-11-13-7-4-5-9-15(13)20-2/h4-5,7,9,14H,3,6,8,10-12H2,1-2H3,(H2,17,18,19). The van der Waals surface area contributed by atoms with Crippen LogP contribution >= 0.6 is 0 Å². The van der Waals surface area contributed by atoms with Gasteiger partial charge >= 0.3 is 0 Å². The molecule has 1 saturated heterocycles. The third-order valence-electron chi connectivity index (χ3n) is 3.47. The van der Waals surface area contributed by atoms with Gasteiger partial charge in [0.1, 0.15) is 5.75 Å². The van der Waals surface area contributed by atoms with Crippen LogP contribution in [0.3, 0.4) is 0 Å². The van der Waals surface area contributed by atoms with Crippen molar-refractivity contribution in [1.29, 1.82) is 0 Å². The molecule has 5 heteroatoms. The van der Waals surface area contributed by atoms with Crippen molar-refractivity contribution < 1.29 is 9.47 Å². The third-order valence-corrected chi connectivity index (χ3v) is 3.47. The summed E-state index contributed by atoms with van der Waals surface area (Å²) < 4.78 is 11.0. The highest BCUT2D eigenvalue weighted by molar-refractivity contribution is 5.79. The minimum atomic E-state index is 0.306. The number of rotatable bonds is 6. The molecule has 0 spiro atoms. The molecule has 1 heterocycles. The van der Waals surface area contributed by atoms with Crippen LogP contribution in [0, 0.1) is 0 Å². The number of nitrogens with one attached hydrogen (secondary N) is 2. The van der Waals surface area contributed by atoms with Gasteiger partial charge in [-0.3, -0.25) is 0 Å². The lowest BCUT2D eigenvalue weighted by molar-refractivity contribution is 0.114. The number of ether oxygens (including phenoxy) is 2. The lowest BCUT2D eigenvalue weighted by Crippen LogP contribution is -2.41. The van der Waals surface area contributed by atoms with Gasteiger partial charge < -0.3 is 20.1 Å². The van der Waals surface area contributed by atoms with E-state index in [9.17, 15) is 0 Å². The molecule has 0 saturated carbocycles. The predicted molar refractivity (Wildman–Crippen MR) is 84.8 cm³/mol. The average Bonchev–Trinajstić information content (AvgIpc) is 3.03. The molecule has 1 aliphatic heterocycles. The Labute approximate surface area is 126 Å². The zero-order valence-electron chi connectivity index (χ0n) is 12.9. The molecule has 1 fully saturated rings. The molecule has 1 aromatic rings. The monoisotopic (exact) mass is 291 g/mol. The molecule has 2 N–H and O–H groups in total. The van der Waals surface area contributed by atoms with Crippen molar-refractivity contribution in [3.8, 4) is 5.75 Å². The molecule has 2 rings (SSSR count). The Morgan fingerprint density at radius 2 is 2.24 bits per heavy atom. The summed E-state index contributed by atoms with van der Waals surface area (Å²) in [5, 5.41) is 6.60. The molecule has 0 bridgehead atoms. The van der Waals surface area contributed by atoms with Gasteiger partial charge in [0.2, 0.25) is 0 Å². The van der Waals surface area contributed by atoms with Crippen molar-refractivity contribution in [3.63, 3.8) is 0 Å². The summed E-state index contributed by atoms with van der Waals surface area (Å²) in [4.78, 5) is 4.61. The Morgan fingerprint density at radius 3 is 2.95 bits per heavy atom. The van der Waals surface area contributed by atoms with Crippen molar-refractivity contribution in [2.75, 3.05) is 26.8 Å². The van der Waals surface area contributed by atoms with Crippen LogP contribution < -0.4 is 15.4 Å². The van der Waals surface area contributed by atoms with E-state index in [2.05, 4.69) is 22.5 Å². The van der Waals surface area contributed by atoms with E-state index in [4.69, 9.17) is 9.47 Å². The van der Waals surface area contributed by atoms with Crippen LogP contribution in [-0.4, -0.2) is 38.9 Å². The number of nitrogens with zero attached hydrogens (tertiary/aromatic N) is 1. The third kappa shape index (κ3) is 4.93. The molecule has 1 atom stereocenters. The molecule has 1 unspecified atom stereocenters. The van der Waals surface area contributed by atoms with Crippen molar-refractivity contribution in [2.45, 2.75) is 32.4 Å². The lowest BCUT2D eigenvalue weighted by atomic mass is 10.2. The van der Waals surface area contributed by atoms with Gasteiger partial charge in [0, 0.05) is 25.3 Å². The molecule has 1 aromatic carbocycles. The molecular weight excluding hydrogens is 266 g/mol. The topological polar surface area (TPSA) is 54.9 Å². The van der Waals surface area contributed by atoms with E-state index < -0.39 is 0 Å². The van der Waals surface area contributed by atoms with Crippen molar-refractivity contribution in [1.82, 2.24) is 10.6 Å². The number of hydrogen-bond acceptors (Lipinski definition) is 3. The Kier molecular flexibility index (Phi) is 6.34. The minimum Gasteiger partial charge on any atom is -0.496 e. The van der Waals surface area contributed by atoms with E-state index in [1.54, 1.807) is 7.11 Å². The molecule has 21 heavy (non-hydrogen) atoms. The van der Waals surface area contributed by atoms with E-state index >= 15 is 0 Å². The zero-order chi connectivity index (χ0) is 14.9. The summed E-state index contributed by atoms with van der Waals surface area (Å²) >= 11 is 0. The van der Waals surface area contributed by atoms with Crippen LogP contribution in [0.15, 0.2) is 29.3 Å². The summed E-state index contributed by atoms with van der Waals surface area (Å²) in [5.74, 6) is 1.69. The molecule has 0 amide bonds. The summed E-state index contributed by atoms with van der Waals surface area (Å²) in [7, 11) is 1.68. The van der Waals surface area contributed by atoms with Gasteiger partial charge in [-0.05, 0) is 25.8 Å².